The molecule has 2 atom stereocenters. The fourth-order valence-corrected chi connectivity index (χ4v) is 4.61. The highest BCUT2D eigenvalue weighted by atomic mass is 16.2. The van der Waals surface area contributed by atoms with E-state index in [-0.39, 0.29) is 49.3 Å². The van der Waals surface area contributed by atoms with Gasteiger partial charge in [0.1, 0.15) is 0 Å². The molecule has 30 heavy (non-hydrogen) atoms. The molecule has 162 valence electrons. The number of carbonyl (C=O) groups is 4. The predicted molar refractivity (Wildman–Crippen MR) is 117 cm³/mol. The number of carbonyl (C=O) groups excluding carboxylic acids is 4. The molecule has 0 bridgehead atoms. The first-order chi connectivity index (χ1) is 13.8. The third-order valence-electron chi connectivity index (χ3n) is 6.99. The quantitative estimate of drug-likeness (QED) is 0.426. The molecule has 2 N–H and O–H groups in total. The molecular formula is C24H32N2O4. The normalized spacial score (nSPS) is 24.3. The molecule has 6 heteroatoms. The Kier molecular flexibility index (Phi) is 6.40. The average molecular weight is 413 g/mol. The molecule has 2 aliphatic rings. The molecule has 2 unspecified atom stereocenters. The van der Waals surface area contributed by atoms with E-state index in [1.807, 2.05) is 27.7 Å². The molecular weight excluding hydrogens is 380 g/mol. The Morgan fingerprint density at radius 2 is 1.03 bits per heavy atom. The van der Waals surface area contributed by atoms with Crippen molar-refractivity contribution < 1.29 is 19.2 Å². The minimum Gasteiger partial charge on any atom is -0.352 e. The lowest BCUT2D eigenvalue weighted by Crippen LogP contribution is -2.64. The average Bonchev–Trinajstić information content (AvgIpc) is 2.68. The Morgan fingerprint density at radius 1 is 0.733 bits per heavy atom. The summed E-state index contributed by atoms with van der Waals surface area (Å²) in [7, 11) is 0. The van der Waals surface area contributed by atoms with E-state index >= 15 is 0 Å². The number of nitrogens with one attached hydrogen (secondary N) is 2. The Morgan fingerprint density at radius 3 is 1.30 bits per heavy atom. The maximum Gasteiger partial charge on any atom is 0.248 e. The second kappa shape index (κ2) is 8.17. The van der Waals surface area contributed by atoms with Crippen molar-refractivity contribution in [2.75, 3.05) is 13.1 Å². The molecule has 2 rings (SSSR count). The van der Waals surface area contributed by atoms with Gasteiger partial charge in [-0.25, -0.2) is 0 Å². The van der Waals surface area contributed by atoms with Crippen LogP contribution in [0.5, 0.6) is 0 Å². The van der Waals surface area contributed by atoms with Gasteiger partial charge in [-0.1, -0.05) is 38.2 Å². The van der Waals surface area contributed by atoms with Crippen molar-refractivity contribution in [3.8, 4) is 0 Å². The predicted octanol–water partition coefficient (Wildman–Crippen LogP) is 2.96. The van der Waals surface area contributed by atoms with Gasteiger partial charge in [-0.3, -0.25) is 19.2 Å². The van der Waals surface area contributed by atoms with Gasteiger partial charge in [0.2, 0.25) is 11.8 Å². The van der Waals surface area contributed by atoms with E-state index in [2.05, 4.69) is 23.8 Å². The highest BCUT2D eigenvalue weighted by Crippen LogP contribution is 2.74. The largest absolute Gasteiger partial charge is 0.352 e. The number of allylic oxidation sites excluding steroid dienone is 4. The third-order valence-corrected chi connectivity index (χ3v) is 6.99. The second-order valence-electron chi connectivity index (χ2n) is 8.67. The van der Waals surface area contributed by atoms with E-state index in [0.717, 1.165) is 11.1 Å². The van der Waals surface area contributed by atoms with E-state index < -0.39 is 10.8 Å². The first-order valence-corrected chi connectivity index (χ1v) is 10.2. The van der Waals surface area contributed by atoms with Crippen LogP contribution >= 0.6 is 0 Å². The van der Waals surface area contributed by atoms with Crippen LogP contribution in [0.1, 0.15) is 54.4 Å². The molecule has 0 aliphatic heterocycles. The molecule has 0 radical (unpaired) electrons. The number of hydrogen-bond acceptors (Lipinski definition) is 4. The summed E-state index contributed by atoms with van der Waals surface area (Å²) in [6, 6.07) is 0. The van der Waals surface area contributed by atoms with Crippen LogP contribution in [-0.2, 0) is 19.2 Å². The van der Waals surface area contributed by atoms with Crippen LogP contribution in [0, 0.1) is 10.8 Å². The Labute approximate surface area is 178 Å². The van der Waals surface area contributed by atoms with Crippen LogP contribution in [0.25, 0.3) is 0 Å². The van der Waals surface area contributed by atoms with Crippen molar-refractivity contribution in [3.05, 3.63) is 46.6 Å². The van der Waals surface area contributed by atoms with Gasteiger partial charge in [0.15, 0.2) is 11.6 Å². The van der Waals surface area contributed by atoms with Gasteiger partial charge in [-0.05, 0) is 38.8 Å². The minimum absolute atomic E-state index is 0.107. The van der Waals surface area contributed by atoms with E-state index in [9.17, 15) is 19.2 Å². The molecule has 0 aromatic carbocycles. The van der Waals surface area contributed by atoms with Crippen LogP contribution < -0.4 is 10.6 Å². The lowest BCUT2D eigenvalue weighted by Gasteiger charge is -2.66. The third kappa shape index (κ3) is 3.38. The Balaban J connectivity index is 2.20. The van der Waals surface area contributed by atoms with Crippen LogP contribution in [0.4, 0.5) is 0 Å². The monoisotopic (exact) mass is 412 g/mol. The molecule has 0 spiro atoms. The van der Waals surface area contributed by atoms with E-state index in [0.29, 0.717) is 22.3 Å². The van der Waals surface area contributed by atoms with E-state index in [4.69, 9.17) is 0 Å². The molecule has 0 fully saturated rings. The van der Waals surface area contributed by atoms with Crippen LogP contribution in [0.15, 0.2) is 46.6 Å². The number of fused-ring (bicyclic) bond motifs is 1. The molecule has 2 aliphatic carbocycles. The topological polar surface area (TPSA) is 92.3 Å². The van der Waals surface area contributed by atoms with Crippen molar-refractivity contribution in [1.29, 1.82) is 0 Å². The summed E-state index contributed by atoms with van der Waals surface area (Å²) >= 11 is 0. The summed E-state index contributed by atoms with van der Waals surface area (Å²) in [5.74, 6) is -0.881. The van der Waals surface area contributed by atoms with Gasteiger partial charge in [0, 0.05) is 47.9 Å². The zero-order chi connectivity index (χ0) is 23.0. The maximum atomic E-state index is 13.0. The van der Waals surface area contributed by atoms with E-state index in [1.54, 1.807) is 13.8 Å². The lowest BCUT2D eigenvalue weighted by molar-refractivity contribution is -0.126. The fourth-order valence-electron chi connectivity index (χ4n) is 4.61. The summed E-state index contributed by atoms with van der Waals surface area (Å²) in [6.45, 7) is 18.8. The highest BCUT2D eigenvalue weighted by Gasteiger charge is 2.70. The van der Waals surface area contributed by atoms with Crippen molar-refractivity contribution in [3.63, 3.8) is 0 Å². The van der Waals surface area contributed by atoms with Crippen molar-refractivity contribution in [2.45, 2.75) is 54.4 Å². The first-order valence-electron chi connectivity index (χ1n) is 10.2. The number of ketones is 2. The van der Waals surface area contributed by atoms with Crippen molar-refractivity contribution >= 4 is 23.4 Å². The van der Waals surface area contributed by atoms with Crippen LogP contribution in [0.2, 0.25) is 0 Å². The zero-order valence-corrected chi connectivity index (χ0v) is 18.9. The summed E-state index contributed by atoms with van der Waals surface area (Å²) in [6.07, 6.45) is 0.335. The zero-order valence-electron chi connectivity index (χ0n) is 18.9. The summed E-state index contributed by atoms with van der Waals surface area (Å²) in [5.41, 5.74) is 2.93. The van der Waals surface area contributed by atoms with Gasteiger partial charge in [0.25, 0.3) is 0 Å². The molecule has 0 heterocycles. The Hall–Kier alpha value is -2.76. The number of Topliss-reactive ketones (excluding diaryl/α,β-unsaturated/α-hetero) is 2. The molecule has 2 amide bonds. The van der Waals surface area contributed by atoms with Gasteiger partial charge >= 0.3 is 0 Å². The highest BCUT2D eigenvalue weighted by molar-refractivity contribution is 6.12. The van der Waals surface area contributed by atoms with Gasteiger partial charge < -0.3 is 10.6 Å². The van der Waals surface area contributed by atoms with Crippen molar-refractivity contribution in [2.24, 2.45) is 10.8 Å². The number of amides is 2. The lowest BCUT2D eigenvalue weighted by atomic mass is 9.35. The summed E-state index contributed by atoms with van der Waals surface area (Å²) < 4.78 is 0. The molecule has 0 saturated heterocycles. The van der Waals surface area contributed by atoms with Gasteiger partial charge in [-0.2, -0.15) is 0 Å². The minimum atomic E-state index is -0.514. The smallest absolute Gasteiger partial charge is 0.248 e. The number of rotatable bonds is 10. The molecule has 0 aromatic rings. The Bertz CT molecular complexity index is 863. The number of hydrogen-bond donors (Lipinski definition) is 2. The van der Waals surface area contributed by atoms with Gasteiger partial charge in [-0.15, -0.1) is 0 Å². The summed E-state index contributed by atoms with van der Waals surface area (Å²) in [4.78, 5) is 49.4. The first kappa shape index (κ1) is 23.5. The fraction of sp³-hybridized carbons (Fsp3) is 0.500. The van der Waals surface area contributed by atoms with Crippen LogP contribution in [0.3, 0.4) is 0 Å². The van der Waals surface area contributed by atoms with Crippen molar-refractivity contribution in [1.82, 2.24) is 10.6 Å². The molecule has 6 nitrogen and oxygen atoms in total. The summed E-state index contributed by atoms with van der Waals surface area (Å²) in [5, 5.41) is 5.56. The second-order valence-corrected chi connectivity index (χ2v) is 8.67. The van der Waals surface area contributed by atoms with Gasteiger partial charge in [0.05, 0.1) is 0 Å². The molecule has 0 aromatic heterocycles. The standard InChI is InChI=1S/C24H32N2O4/c1-13(2)17(27)9-11-25-21(29)19-20(22(30)26-12-10-18(28)14(3)4)24(8)16(6)15(5)23(19,24)7/h1,3,9-12H2,2,4-8H3,(H,25,29)(H,26,30). The maximum absolute atomic E-state index is 13.0. The molecule has 0 saturated carbocycles. The SMILES string of the molecule is C=C(C)C(=O)CCNC(=O)C1=C(C(=O)NCCC(=O)C(=C)C)C2(C)C(C)=C(C)C12C. The van der Waals surface area contributed by atoms with Crippen LogP contribution in [-0.4, -0.2) is 36.5 Å². The van der Waals surface area contributed by atoms with E-state index in [1.165, 1.54) is 0 Å².